The van der Waals surface area contributed by atoms with E-state index >= 15 is 0 Å². The summed E-state index contributed by atoms with van der Waals surface area (Å²) < 4.78 is 41.4. The maximum Gasteiger partial charge on any atom is 0.352 e. The van der Waals surface area contributed by atoms with Crippen LogP contribution in [0.5, 0.6) is 17.4 Å². The van der Waals surface area contributed by atoms with Gasteiger partial charge in [-0.15, -0.1) is 0 Å². The van der Waals surface area contributed by atoms with Gasteiger partial charge in [0.1, 0.15) is 18.2 Å². The molecule has 2 aliphatic heterocycles. The second-order valence-electron chi connectivity index (χ2n) is 7.96. The number of rotatable bonds is 5. The molecule has 0 amide bonds. The SMILES string of the molecule is Cc1ccc(Oc2c(F)cc(COc3cc4n(c(=O)n3)C[C@@H]3C[C@H](O)CN43)cc2F)cn1. The smallest absolute Gasteiger partial charge is 0.352 e. The molecule has 1 aromatic carbocycles. The van der Waals surface area contributed by atoms with E-state index < -0.39 is 29.2 Å². The fourth-order valence-electron chi connectivity index (χ4n) is 4.10. The molecule has 10 heteroatoms. The molecular formula is C22H20F2N4O4. The lowest BCUT2D eigenvalue weighted by Crippen LogP contribution is -2.25. The van der Waals surface area contributed by atoms with Crippen molar-refractivity contribution >= 4 is 5.82 Å². The highest BCUT2D eigenvalue weighted by atomic mass is 19.1. The first kappa shape index (κ1) is 20.4. The lowest BCUT2D eigenvalue weighted by Gasteiger charge is -2.17. The predicted molar refractivity (Wildman–Crippen MR) is 110 cm³/mol. The summed E-state index contributed by atoms with van der Waals surface area (Å²) in [5.41, 5.74) is 0.502. The maximum atomic E-state index is 14.5. The predicted octanol–water partition coefficient (Wildman–Crippen LogP) is 2.55. The largest absolute Gasteiger partial charge is 0.473 e. The van der Waals surface area contributed by atoms with Crippen LogP contribution in [0.25, 0.3) is 0 Å². The van der Waals surface area contributed by atoms with Crippen molar-refractivity contribution < 1.29 is 23.4 Å². The lowest BCUT2D eigenvalue weighted by atomic mass is 10.2. The van der Waals surface area contributed by atoms with Crippen LogP contribution in [0.3, 0.4) is 0 Å². The monoisotopic (exact) mass is 442 g/mol. The quantitative estimate of drug-likeness (QED) is 0.650. The number of anilines is 1. The number of halogens is 2. The van der Waals surface area contributed by atoms with E-state index in [-0.39, 0.29) is 29.8 Å². The van der Waals surface area contributed by atoms with E-state index in [1.54, 1.807) is 25.1 Å². The van der Waals surface area contributed by atoms with Crippen LogP contribution in [0.4, 0.5) is 14.6 Å². The highest BCUT2D eigenvalue weighted by Crippen LogP contribution is 2.33. The van der Waals surface area contributed by atoms with E-state index in [0.29, 0.717) is 25.3 Å². The van der Waals surface area contributed by atoms with Gasteiger partial charge in [-0.25, -0.2) is 13.6 Å². The third-order valence-electron chi connectivity index (χ3n) is 5.59. The normalized spacial score (nSPS) is 19.1. The summed E-state index contributed by atoms with van der Waals surface area (Å²) in [4.78, 5) is 22.2. The summed E-state index contributed by atoms with van der Waals surface area (Å²) in [7, 11) is 0. The van der Waals surface area contributed by atoms with Crippen molar-refractivity contribution in [3.05, 3.63) is 69.9 Å². The fourth-order valence-corrected chi connectivity index (χ4v) is 4.10. The second kappa shape index (κ2) is 7.86. The number of nitrogens with zero attached hydrogens (tertiary/aromatic N) is 4. The van der Waals surface area contributed by atoms with Gasteiger partial charge >= 0.3 is 5.69 Å². The van der Waals surface area contributed by atoms with E-state index in [1.165, 1.54) is 10.8 Å². The Balaban J connectivity index is 1.32. The fraction of sp³-hybridized carbons (Fsp3) is 0.318. The molecule has 1 saturated heterocycles. The van der Waals surface area contributed by atoms with E-state index in [9.17, 15) is 18.7 Å². The van der Waals surface area contributed by atoms with Crippen LogP contribution in [0.15, 0.2) is 41.3 Å². The van der Waals surface area contributed by atoms with Gasteiger partial charge in [0, 0.05) is 24.8 Å². The van der Waals surface area contributed by atoms with Crippen LogP contribution in [-0.4, -0.2) is 38.3 Å². The third kappa shape index (κ3) is 3.77. The zero-order valence-corrected chi connectivity index (χ0v) is 17.2. The van der Waals surface area contributed by atoms with Gasteiger partial charge in [0.05, 0.1) is 18.3 Å². The molecular weight excluding hydrogens is 422 g/mol. The minimum atomic E-state index is -0.889. The van der Waals surface area contributed by atoms with Gasteiger partial charge in [0.2, 0.25) is 5.88 Å². The molecule has 4 heterocycles. The number of fused-ring (bicyclic) bond motifs is 3. The van der Waals surface area contributed by atoms with Gasteiger partial charge in [-0.1, -0.05) is 0 Å². The van der Waals surface area contributed by atoms with E-state index in [1.807, 2.05) is 4.90 Å². The Kier molecular flexibility index (Phi) is 5.01. The maximum absolute atomic E-state index is 14.5. The number of aliphatic hydroxyl groups is 1. The summed E-state index contributed by atoms with van der Waals surface area (Å²) in [6, 6.07) is 7.10. The Bertz CT molecular complexity index is 1210. The summed E-state index contributed by atoms with van der Waals surface area (Å²) in [5.74, 6) is -1.43. The molecule has 0 spiro atoms. The summed E-state index contributed by atoms with van der Waals surface area (Å²) in [5, 5.41) is 9.87. The average molecular weight is 442 g/mol. The number of aryl methyl sites for hydroxylation is 1. The minimum absolute atomic E-state index is 0.0502. The van der Waals surface area contributed by atoms with Crippen molar-refractivity contribution in [3.8, 4) is 17.4 Å². The van der Waals surface area contributed by atoms with Crippen molar-refractivity contribution in [1.82, 2.24) is 14.5 Å². The molecule has 32 heavy (non-hydrogen) atoms. The highest BCUT2D eigenvalue weighted by molar-refractivity contribution is 5.48. The first-order valence-electron chi connectivity index (χ1n) is 10.1. The number of hydrogen-bond donors (Lipinski definition) is 1. The molecule has 1 N–H and O–H groups in total. The molecule has 0 saturated carbocycles. The van der Waals surface area contributed by atoms with Crippen molar-refractivity contribution in [3.63, 3.8) is 0 Å². The molecule has 0 unspecified atom stereocenters. The molecule has 3 aromatic rings. The molecule has 0 bridgehead atoms. The van der Waals surface area contributed by atoms with Crippen LogP contribution in [0.2, 0.25) is 0 Å². The van der Waals surface area contributed by atoms with Crippen LogP contribution < -0.4 is 20.1 Å². The molecule has 166 valence electrons. The number of aliphatic hydroxyl groups excluding tert-OH is 1. The summed E-state index contributed by atoms with van der Waals surface area (Å²) in [6.07, 6.45) is 1.53. The van der Waals surface area contributed by atoms with Crippen LogP contribution in [0.1, 0.15) is 17.7 Å². The van der Waals surface area contributed by atoms with E-state index in [0.717, 1.165) is 17.8 Å². The minimum Gasteiger partial charge on any atom is -0.473 e. The standard InChI is InChI=1S/C22H20F2N4O4/c1-12-2-3-16(8-25-12)32-21-17(23)4-13(5-18(21)24)11-31-19-7-20-27-10-15(29)6-14(27)9-28(20)22(30)26-19/h2-5,7-8,14-15,29H,6,9-11H2,1H3/t14-,15-/m0/s1. The average Bonchev–Trinajstić information content (AvgIpc) is 3.27. The Hall–Kier alpha value is -3.53. The molecule has 0 aliphatic carbocycles. The number of hydrogen-bond acceptors (Lipinski definition) is 7. The van der Waals surface area contributed by atoms with Crippen molar-refractivity contribution in [2.24, 2.45) is 0 Å². The van der Waals surface area contributed by atoms with Gasteiger partial charge in [0.25, 0.3) is 0 Å². The molecule has 2 aliphatic rings. The van der Waals surface area contributed by atoms with E-state index in [4.69, 9.17) is 9.47 Å². The lowest BCUT2D eigenvalue weighted by molar-refractivity contribution is 0.192. The Morgan fingerprint density at radius 1 is 1.19 bits per heavy atom. The van der Waals surface area contributed by atoms with Gasteiger partial charge in [-0.05, 0) is 43.2 Å². The van der Waals surface area contributed by atoms with Gasteiger partial charge in [-0.3, -0.25) is 9.55 Å². The van der Waals surface area contributed by atoms with Crippen molar-refractivity contribution in [2.75, 3.05) is 11.4 Å². The van der Waals surface area contributed by atoms with Crippen LogP contribution >= 0.6 is 0 Å². The number of aromatic nitrogens is 3. The first-order chi connectivity index (χ1) is 15.4. The van der Waals surface area contributed by atoms with Gasteiger partial charge < -0.3 is 19.5 Å². The number of benzene rings is 1. The van der Waals surface area contributed by atoms with Crippen molar-refractivity contribution in [1.29, 1.82) is 0 Å². The zero-order valence-electron chi connectivity index (χ0n) is 17.2. The molecule has 1 fully saturated rings. The van der Waals surface area contributed by atoms with E-state index in [2.05, 4.69) is 9.97 Å². The van der Waals surface area contributed by atoms with Crippen LogP contribution in [-0.2, 0) is 13.2 Å². The zero-order chi connectivity index (χ0) is 22.4. The third-order valence-corrected chi connectivity index (χ3v) is 5.59. The molecule has 2 atom stereocenters. The topological polar surface area (TPSA) is 89.7 Å². The highest BCUT2D eigenvalue weighted by Gasteiger charge is 2.38. The molecule has 5 rings (SSSR count). The molecule has 8 nitrogen and oxygen atoms in total. The van der Waals surface area contributed by atoms with Gasteiger partial charge in [0.15, 0.2) is 17.4 Å². The molecule has 2 aromatic heterocycles. The summed E-state index contributed by atoms with van der Waals surface area (Å²) in [6.45, 7) is 2.49. The Morgan fingerprint density at radius 2 is 1.97 bits per heavy atom. The van der Waals surface area contributed by atoms with Crippen molar-refractivity contribution in [2.45, 2.75) is 38.6 Å². The number of ether oxygens (including phenoxy) is 2. The van der Waals surface area contributed by atoms with Gasteiger partial charge in [-0.2, -0.15) is 4.98 Å². The summed E-state index contributed by atoms with van der Waals surface area (Å²) >= 11 is 0. The first-order valence-corrected chi connectivity index (χ1v) is 10.1. The van der Waals surface area contributed by atoms with Crippen LogP contribution in [0, 0.1) is 18.6 Å². The number of pyridine rings is 1. The Morgan fingerprint density at radius 3 is 2.69 bits per heavy atom. The molecule has 0 radical (unpaired) electrons. The Labute approximate surface area is 181 Å². The second-order valence-corrected chi connectivity index (χ2v) is 7.96.